The number of amides is 2. The molecule has 7 rings (SSSR count). The Bertz CT molecular complexity index is 2500. The fourth-order valence-corrected chi connectivity index (χ4v) is 8.90. The quantitative estimate of drug-likeness (QED) is 0.0321. The Morgan fingerprint density at radius 1 is 0.581 bits per heavy atom. The summed E-state index contributed by atoms with van der Waals surface area (Å²) < 4.78 is 40.5. The largest absolute Gasteiger partial charge is 0.390 e. The average Bonchev–Trinajstić information content (AvgIpc) is 3.43. The molecule has 0 spiro atoms. The number of rotatable bonds is 30. The molecule has 74 heavy (non-hydrogen) atoms. The maximum absolute atomic E-state index is 13.8. The Morgan fingerprint density at radius 3 is 1.69 bits per heavy atom. The van der Waals surface area contributed by atoms with Gasteiger partial charge >= 0.3 is 0 Å². The molecular weight excluding hydrogens is 933 g/mol. The third-order valence-electron chi connectivity index (χ3n) is 13.2. The highest BCUT2D eigenvalue weighted by Crippen LogP contribution is 2.32. The van der Waals surface area contributed by atoms with E-state index in [1.807, 2.05) is 177 Å². The van der Waals surface area contributed by atoms with Crippen molar-refractivity contribution >= 4 is 17.5 Å². The van der Waals surface area contributed by atoms with Gasteiger partial charge in [0, 0.05) is 17.7 Å². The van der Waals surface area contributed by atoms with Gasteiger partial charge in [-0.05, 0) is 84.7 Å². The molecule has 1 fully saturated rings. The molecular formula is C62H74N2O10. The van der Waals surface area contributed by atoms with E-state index >= 15 is 0 Å². The Balaban J connectivity index is 1.07. The first-order valence-electron chi connectivity index (χ1n) is 26.2. The summed E-state index contributed by atoms with van der Waals surface area (Å²) in [6, 6.07) is 53.7. The Labute approximate surface area is 437 Å². The lowest BCUT2D eigenvalue weighted by Gasteiger charge is -2.46. The second-order valence-corrected chi connectivity index (χ2v) is 19.1. The molecule has 0 radical (unpaired) electrons. The van der Waals surface area contributed by atoms with E-state index in [9.17, 15) is 19.8 Å². The summed E-state index contributed by atoms with van der Waals surface area (Å²) in [7, 11) is 0. The number of hydrogen-bond acceptors (Lipinski definition) is 10. The number of anilines is 1. The molecule has 0 aromatic heterocycles. The van der Waals surface area contributed by atoms with Crippen LogP contribution >= 0.6 is 0 Å². The molecule has 5 unspecified atom stereocenters. The lowest BCUT2D eigenvalue weighted by atomic mass is 9.97. The molecule has 12 heteroatoms. The van der Waals surface area contributed by atoms with Crippen LogP contribution in [-0.4, -0.2) is 84.2 Å². The second-order valence-electron chi connectivity index (χ2n) is 19.1. The molecule has 1 aliphatic rings. The first-order chi connectivity index (χ1) is 36.2. The Hall–Kier alpha value is -6.06. The standard InChI is InChI=1S/C62H74N2O10/c1-3-4-9-29-54(65)57(67)53(64-56(66)30-19-18-20-46-33-37-52(38-34-46)63-61(68)51-35-31-45(2)32-36-51)43-73-62-60(72-42-50-27-16-8-17-28-50)59(71-41-49-25-14-7-15-26-49)58(70-40-48-23-12-6-13-24-48)55(74-62)44-69-39-47-21-10-5-11-22-47/h5-8,10-17,21-28,31-38,53-55,57-60,62,65,67H,3-4,9,18-20,29-30,39-44H2,1-2H3,(H,63,68)(H,64,66)/t53-,54+,55?,57-,58?,59?,60?,62?/m0/s1. The van der Waals surface area contributed by atoms with E-state index in [1.54, 1.807) is 0 Å². The van der Waals surface area contributed by atoms with Crippen LogP contribution in [0.15, 0.2) is 170 Å². The van der Waals surface area contributed by atoms with Crippen LogP contribution in [-0.2, 0) is 66.1 Å². The van der Waals surface area contributed by atoms with Crippen LogP contribution in [0.3, 0.4) is 0 Å². The van der Waals surface area contributed by atoms with E-state index < -0.39 is 49.0 Å². The highest BCUT2D eigenvalue weighted by atomic mass is 16.7. The number of nitrogens with one attached hydrogen (secondary N) is 2. The summed E-state index contributed by atoms with van der Waals surface area (Å²) in [5, 5.41) is 29.1. The van der Waals surface area contributed by atoms with Gasteiger partial charge in [0.2, 0.25) is 5.91 Å². The highest BCUT2D eigenvalue weighted by molar-refractivity contribution is 6.04. The van der Waals surface area contributed by atoms with Crippen LogP contribution in [0.2, 0.25) is 0 Å². The van der Waals surface area contributed by atoms with E-state index in [0.717, 1.165) is 59.1 Å². The number of ether oxygens (including phenoxy) is 6. The Morgan fingerprint density at radius 2 is 1.12 bits per heavy atom. The fraction of sp³-hybridized carbons (Fsp3) is 0.387. The van der Waals surface area contributed by atoms with Crippen molar-refractivity contribution in [1.29, 1.82) is 0 Å². The summed E-state index contributed by atoms with van der Waals surface area (Å²) in [5.41, 5.74) is 7.32. The normalized spacial score (nSPS) is 18.8. The molecule has 1 saturated heterocycles. The minimum atomic E-state index is -1.34. The van der Waals surface area contributed by atoms with Crippen molar-refractivity contribution in [3.05, 3.63) is 209 Å². The molecule has 392 valence electrons. The number of aryl methyl sites for hydroxylation is 2. The van der Waals surface area contributed by atoms with E-state index in [1.165, 1.54) is 0 Å². The number of hydrogen-bond donors (Lipinski definition) is 4. The van der Waals surface area contributed by atoms with Crippen LogP contribution < -0.4 is 10.6 Å². The predicted molar refractivity (Wildman–Crippen MR) is 287 cm³/mol. The first kappa shape index (κ1) is 55.7. The summed E-state index contributed by atoms with van der Waals surface area (Å²) in [6.45, 7) is 5.02. The van der Waals surface area contributed by atoms with Crippen molar-refractivity contribution in [2.45, 2.75) is 141 Å². The summed E-state index contributed by atoms with van der Waals surface area (Å²) in [4.78, 5) is 26.5. The van der Waals surface area contributed by atoms with Crippen molar-refractivity contribution < 1.29 is 48.2 Å². The zero-order valence-corrected chi connectivity index (χ0v) is 42.8. The SMILES string of the molecule is CCCCC[C@@H](O)[C@@H](O)[C@H](COC1OC(COCc2ccccc2)C(OCc2ccccc2)C(OCc2ccccc2)C1OCc1ccccc1)NC(=O)CCCCc1ccc(NC(=O)c2ccc(C)cc2)cc1. The van der Waals surface area contributed by atoms with Gasteiger partial charge in [0.05, 0.1) is 51.8 Å². The first-order valence-corrected chi connectivity index (χ1v) is 26.2. The van der Waals surface area contributed by atoms with Crippen LogP contribution in [0.1, 0.15) is 95.6 Å². The lowest BCUT2D eigenvalue weighted by Crippen LogP contribution is -2.62. The Kier molecular flexibility index (Phi) is 22.8. The topological polar surface area (TPSA) is 154 Å². The summed E-state index contributed by atoms with van der Waals surface area (Å²) in [6.07, 6.45) is -1.43. The second kappa shape index (κ2) is 30.3. The molecule has 2 amide bonds. The van der Waals surface area contributed by atoms with Gasteiger partial charge in [-0.1, -0.05) is 177 Å². The van der Waals surface area contributed by atoms with Gasteiger partial charge in [-0.3, -0.25) is 9.59 Å². The fourth-order valence-electron chi connectivity index (χ4n) is 8.90. The van der Waals surface area contributed by atoms with E-state index in [0.29, 0.717) is 37.1 Å². The average molecular weight is 1010 g/mol. The summed E-state index contributed by atoms with van der Waals surface area (Å²) in [5.74, 6) is -0.448. The molecule has 1 heterocycles. The zero-order valence-electron chi connectivity index (χ0n) is 42.8. The van der Waals surface area contributed by atoms with Crippen LogP contribution in [0, 0.1) is 6.92 Å². The van der Waals surface area contributed by atoms with Crippen molar-refractivity contribution in [1.82, 2.24) is 5.32 Å². The van der Waals surface area contributed by atoms with Crippen LogP contribution in [0.4, 0.5) is 5.69 Å². The van der Waals surface area contributed by atoms with Gasteiger partial charge < -0.3 is 49.3 Å². The van der Waals surface area contributed by atoms with Crippen molar-refractivity contribution in [2.75, 3.05) is 18.5 Å². The van der Waals surface area contributed by atoms with Gasteiger partial charge in [0.1, 0.15) is 30.5 Å². The van der Waals surface area contributed by atoms with Gasteiger partial charge in [-0.15, -0.1) is 0 Å². The van der Waals surface area contributed by atoms with Crippen LogP contribution in [0.25, 0.3) is 0 Å². The van der Waals surface area contributed by atoms with Gasteiger partial charge in [-0.2, -0.15) is 0 Å². The van der Waals surface area contributed by atoms with Gasteiger partial charge in [-0.25, -0.2) is 0 Å². The third kappa shape index (κ3) is 18.1. The molecule has 0 saturated carbocycles. The van der Waals surface area contributed by atoms with Gasteiger partial charge in [0.25, 0.3) is 5.91 Å². The number of carbonyl (C=O) groups excluding carboxylic acids is 2. The zero-order chi connectivity index (χ0) is 51.7. The summed E-state index contributed by atoms with van der Waals surface area (Å²) >= 11 is 0. The molecule has 6 aromatic rings. The number of aliphatic hydroxyl groups excluding tert-OH is 2. The molecule has 12 nitrogen and oxygen atoms in total. The lowest BCUT2D eigenvalue weighted by molar-refractivity contribution is -0.330. The van der Waals surface area contributed by atoms with Crippen LogP contribution in [0.5, 0.6) is 0 Å². The molecule has 4 N–H and O–H groups in total. The number of carbonyl (C=O) groups is 2. The van der Waals surface area contributed by atoms with E-state index in [2.05, 4.69) is 17.6 Å². The predicted octanol–water partition coefficient (Wildman–Crippen LogP) is 10.5. The highest BCUT2D eigenvalue weighted by Gasteiger charge is 2.49. The molecule has 0 aliphatic carbocycles. The van der Waals surface area contributed by atoms with Crippen molar-refractivity contribution in [3.8, 4) is 0 Å². The maximum Gasteiger partial charge on any atom is 0.255 e. The molecule has 8 atom stereocenters. The monoisotopic (exact) mass is 1010 g/mol. The number of aliphatic hydroxyl groups is 2. The maximum atomic E-state index is 13.8. The minimum Gasteiger partial charge on any atom is -0.390 e. The van der Waals surface area contributed by atoms with Crippen molar-refractivity contribution in [2.24, 2.45) is 0 Å². The van der Waals surface area contributed by atoms with E-state index in [4.69, 9.17) is 28.4 Å². The van der Waals surface area contributed by atoms with Crippen molar-refractivity contribution in [3.63, 3.8) is 0 Å². The van der Waals surface area contributed by atoms with E-state index in [-0.39, 0.29) is 51.3 Å². The number of benzene rings is 6. The molecule has 6 aromatic carbocycles. The molecule has 0 bridgehead atoms. The molecule has 1 aliphatic heterocycles. The minimum absolute atomic E-state index is 0.123. The smallest absolute Gasteiger partial charge is 0.255 e. The van der Waals surface area contributed by atoms with Gasteiger partial charge in [0.15, 0.2) is 6.29 Å². The number of unbranched alkanes of at least 4 members (excludes halogenated alkanes) is 3. The third-order valence-corrected chi connectivity index (χ3v) is 13.2.